The van der Waals surface area contributed by atoms with E-state index >= 15 is 0 Å². The summed E-state index contributed by atoms with van der Waals surface area (Å²) < 4.78 is 18.2. The number of hydrogen-bond acceptors (Lipinski definition) is 4. The molecule has 3 atom stereocenters. The molecule has 1 heterocycles. The van der Waals surface area contributed by atoms with Gasteiger partial charge in [-0.1, -0.05) is 48.1 Å². The second-order valence-corrected chi connectivity index (χ2v) is 13.0. The molecule has 0 radical (unpaired) electrons. The van der Waals surface area contributed by atoms with Gasteiger partial charge in [0.2, 0.25) is 0 Å². The van der Waals surface area contributed by atoms with Crippen LogP contribution < -0.4 is 0 Å². The van der Waals surface area contributed by atoms with Gasteiger partial charge in [0.25, 0.3) is 6.47 Å². The highest BCUT2D eigenvalue weighted by Gasteiger charge is 2.63. The summed E-state index contributed by atoms with van der Waals surface area (Å²) in [5.41, 5.74) is 0.928. The summed E-state index contributed by atoms with van der Waals surface area (Å²) in [5.74, 6) is 0.139. The van der Waals surface area contributed by atoms with Crippen LogP contribution in [0.3, 0.4) is 0 Å². The van der Waals surface area contributed by atoms with Crippen molar-refractivity contribution >= 4 is 15.0 Å². The molecule has 21 heavy (non-hydrogen) atoms. The topological polar surface area (TPSA) is 44.8 Å². The van der Waals surface area contributed by atoms with Gasteiger partial charge in [-0.05, 0) is 5.57 Å². The average Bonchev–Trinajstić information content (AvgIpc) is 2.63. The molecule has 0 unspecified atom stereocenters. The molecule has 0 aromatic carbocycles. The van der Waals surface area contributed by atoms with Gasteiger partial charge in [0.1, 0.15) is 6.10 Å². The smallest absolute Gasteiger partial charge is 0.349 e. The molecule has 1 saturated carbocycles. The van der Waals surface area contributed by atoms with E-state index in [0.717, 1.165) is 5.57 Å². The van der Waals surface area contributed by atoms with Crippen molar-refractivity contribution in [1.29, 1.82) is 0 Å². The predicted molar refractivity (Wildman–Crippen MR) is 84.2 cm³/mol. The molecule has 5 heteroatoms. The van der Waals surface area contributed by atoms with Gasteiger partial charge < -0.3 is 13.6 Å². The summed E-state index contributed by atoms with van der Waals surface area (Å²) in [6.45, 7) is 18.4. The maximum atomic E-state index is 10.6. The van der Waals surface area contributed by atoms with Crippen molar-refractivity contribution in [2.45, 2.75) is 70.2 Å². The molecular weight excluding hydrogens is 284 g/mol. The summed E-state index contributed by atoms with van der Waals surface area (Å²) >= 11 is 0. The van der Waals surface area contributed by atoms with Crippen molar-refractivity contribution in [3.63, 3.8) is 0 Å². The first-order valence-electron chi connectivity index (χ1n) is 7.63. The molecule has 0 bridgehead atoms. The van der Waals surface area contributed by atoms with Crippen molar-refractivity contribution < 1.29 is 18.4 Å². The molecule has 120 valence electrons. The summed E-state index contributed by atoms with van der Waals surface area (Å²) in [7, 11) is -2.44. The van der Waals surface area contributed by atoms with E-state index in [9.17, 15) is 4.79 Å². The fourth-order valence-electron chi connectivity index (χ4n) is 3.92. The van der Waals surface area contributed by atoms with Crippen LogP contribution in [0.5, 0.6) is 0 Å². The molecule has 2 aliphatic rings. The van der Waals surface area contributed by atoms with E-state index in [1.54, 1.807) is 0 Å². The lowest BCUT2D eigenvalue weighted by atomic mass is 10.0. The number of carbonyl (C=O) groups is 1. The highest BCUT2D eigenvalue weighted by atomic mass is 28.4. The van der Waals surface area contributed by atoms with Gasteiger partial charge in [0.15, 0.2) is 0 Å². The lowest BCUT2D eigenvalue weighted by Crippen LogP contribution is -2.62. The maximum absolute atomic E-state index is 10.6. The zero-order chi connectivity index (χ0) is 16.1. The molecule has 0 aromatic rings. The first-order valence-corrected chi connectivity index (χ1v) is 9.45. The molecule has 1 aliphatic heterocycles. The summed E-state index contributed by atoms with van der Waals surface area (Å²) in [6.07, 6.45) is 0.527. The molecule has 0 aromatic heterocycles. The third-order valence-electron chi connectivity index (χ3n) is 4.76. The van der Waals surface area contributed by atoms with Gasteiger partial charge in [-0.25, -0.2) is 0 Å². The number of fused-ring (bicyclic) bond motifs is 1. The largest absolute Gasteiger partial charge is 0.460 e. The minimum absolute atomic E-state index is 0.0266. The van der Waals surface area contributed by atoms with E-state index in [4.69, 9.17) is 13.6 Å². The highest BCUT2D eigenvalue weighted by molar-refractivity contribution is 6.73. The normalized spacial score (nSPS) is 32.7. The Morgan fingerprint density at radius 1 is 1.24 bits per heavy atom. The molecule has 0 N–H and O–H groups in total. The van der Waals surface area contributed by atoms with E-state index in [1.165, 1.54) is 0 Å². The molecule has 2 fully saturated rings. The molecule has 1 aliphatic carbocycles. The van der Waals surface area contributed by atoms with Gasteiger partial charge in [0.05, 0.1) is 6.10 Å². The SMILES string of the molecule is C=C1[C@H](OC=O)C[C@@H]2O[Si](C(C)(C)C)(C(C)(C)C)OC[C@@H]12. The Kier molecular flexibility index (Phi) is 4.15. The zero-order valence-corrected chi connectivity index (χ0v) is 15.1. The van der Waals surface area contributed by atoms with Crippen LogP contribution in [0, 0.1) is 5.92 Å². The van der Waals surface area contributed by atoms with E-state index < -0.39 is 8.56 Å². The molecule has 0 amide bonds. The van der Waals surface area contributed by atoms with Crippen molar-refractivity contribution in [3.05, 3.63) is 12.2 Å². The lowest BCUT2D eigenvalue weighted by molar-refractivity contribution is -0.132. The summed E-state index contributed by atoms with van der Waals surface area (Å²) in [4.78, 5) is 10.6. The average molecular weight is 312 g/mol. The number of hydrogen-bond donors (Lipinski definition) is 0. The van der Waals surface area contributed by atoms with Crippen molar-refractivity contribution in [3.8, 4) is 0 Å². The molecule has 2 rings (SSSR count). The van der Waals surface area contributed by atoms with Gasteiger partial charge >= 0.3 is 8.56 Å². The molecule has 0 spiro atoms. The van der Waals surface area contributed by atoms with Gasteiger partial charge in [0, 0.05) is 29.0 Å². The van der Waals surface area contributed by atoms with Crippen LogP contribution in [0.1, 0.15) is 48.0 Å². The van der Waals surface area contributed by atoms with Crippen molar-refractivity contribution in [2.75, 3.05) is 6.61 Å². The second kappa shape index (κ2) is 5.21. The Bertz CT molecular complexity index is 419. The van der Waals surface area contributed by atoms with E-state index in [1.807, 2.05) is 0 Å². The summed E-state index contributed by atoms with van der Waals surface area (Å²) in [6, 6.07) is 0. The Morgan fingerprint density at radius 3 is 2.29 bits per heavy atom. The number of ether oxygens (including phenoxy) is 1. The zero-order valence-electron chi connectivity index (χ0n) is 14.1. The molecule has 4 nitrogen and oxygen atoms in total. The van der Waals surface area contributed by atoms with Crippen LogP contribution in [0.2, 0.25) is 10.1 Å². The standard InChI is InChI=1S/C16H28O4Si/c1-11-12-9-19-21(15(2,3)4,16(5,6)7)20-14(12)8-13(11)18-10-17/h10,12-14H,1,8-9H2,2-7H3/t12-,13+,14-/m0/s1. The Labute approximate surface area is 129 Å². The lowest BCUT2D eigenvalue weighted by Gasteiger charge is -2.53. The van der Waals surface area contributed by atoms with Gasteiger partial charge in [-0.3, -0.25) is 4.79 Å². The first-order chi connectivity index (χ1) is 9.53. The second-order valence-electron chi connectivity index (χ2n) is 8.22. The van der Waals surface area contributed by atoms with Crippen LogP contribution in [0.15, 0.2) is 12.2 Å². The Morgan fingerprint density at radius 2 is 1.81 bits per heavy atom. The third kappa shape index (κ3) is 2.60. The quantitative estimate of drug-likeness (QED) is 0.444. The van der Waals surface area contributed by atoms with Crippen LogP contribution in [0.4, 0.5) is 0 Å². The minimum Gasteiger partial charge on any atom is -0.460 e. The molecule has 1 saturated heterocycles. The van der Waals surface area contributed by atoms with E-state index in [-0.39, 0.29) is 28.2 Å². The number of carbonyl (C=O) groups excluding carboxylic acids is 1. The highest BCUT2D eigenvalue weighted by Crippen LogP contribution is 2.56. The minimum atomic E-state index is -2.44. The van der Waals surface area contributed by atoms with Gasteiger partial charge in [-0.15, -0.1) is 0 Å². The van der Waals surface area contributed by atoms with E-state index in [0.29, 0.717) is 19.5 Å². The van der Waals surface area contributed by atoms with E-state index in [2.05, 4.69) is 48.1 Å². The van der Waals surface area contributed by atoms with Crippen LogP contribution >= 0.6 is 0 Å². The Balaban J connectivity index is 2.29. The van der Waals surface area contributed by atoms with Crippen LogP contribution in [0.25, 0.3) is 0 Å². The first kappa shape index (κ1) is 16.7. The monoisotopic (exact) mass is 312 g/mol. The summed E-state index contributed by atoms with van der Waals surface area (Å²) in [5, 5.41) is -0.0533. The van der Waals surface area contributed by atoms with Crippen molar-refractivity contribution in [2.24, 2.45) is 5.92 Å². The fraction of sp³-hybridized carbons (Fsp3) is 0.812. The maximum Gasteiger partial charge on any atom is 0.349 e. The third-order valence-corrected chi connectivity index (χ3v) is 9.92. The predicted octanol–water partition coefficient (Wildman–Crippen LogP) is 3.56. The van der Waals surface area contributed by atoms with Crippen LogP contribution in [-0.2, 0) is 18.4 Å². The number of rotatable bonds is 2. The van der Waals surface area contributed by atoms with Crippen LogP contribution in [-0.4, -0.2) is 33.8 Å². The van der Waals surface area contributed by atoms with Crippen molar-refractivity contribution in [1.82, 2.24) is 0 Å². The molecular formula is C16H28O4Si. The van der Waals surface area contributed by atoms with Gasteiger partial charge in [-0.2, -0.15) is 0 Å². The fourth-order valence-corrected chi connectivity index (χ4v) is 8.92. The Hall–Kier alpha value is -0.653.